The maximum absolute atomic E-state index is 11.5. The lowest BCUT2D eigenvalue weighted by Crippen LogP contribution is -2.35. The number of nitriles is 1. The van der Waals surface area contributed by atoms with Crippen molar-refractivity contribution in [2.75, 3.05) is 13.6 Å². The van der Waals surface area contributed by atoms with Crippen LogP contribution in [0.2, 0.25) is 0 Å². The lowest BCUT2D eigenvalue weighted by molar-refractivity contribution is 0.434. The first-order valence-corrected chi connectivity index (χ1v) is 5.67. The van der Waals surface area contributed by atoms with Gasteiger partial charge in [0, 0.05) is 13.6 Å². The molecule has 0 aromatic heterocycles. The Bertz CT molecular complexity index is 290. The number of hydrogen-bond donors (Lipinski definition) is 0. The summed E-state index contributed by atoms with van der Waals surface area (Å²) in [5, 5.41) is 8.09. The molecule has 0 fully saturated rings. The second-order valence-electron chi connectivity index (χ2n) is 3.40. The number of nitrogens with zero attached hydrogens (tertiary/aromatic N) is 2. The third-order valence-corrected chi connectivity index (χ3v) is 3.99. The Morgan fingerprint density at radius 1 is 1.38 bits per heavy atom. The van der Waals surface area contributed by atoms with Crippen LogP contribution >= 0.6 is 0 Å². The minimum atomic E-state index is -3.20. The van der Waals surface area contributed by atoms with Crippen molar-refractivity contribution in [2.45, 2.75) is 26.0 Å². The summed E-state index contributed by atoms with van der Waals surface area (Å²) in [4.78, 5) is 0. The van der Waals surface area contributed by atoms with E-state index in [0.29, 0.717) is 0 Å². The van der Waals surface area contributed by atoms with E-state index in [-0.39, 0.29) is 12.5 Å². The molecular weight excluding hydrogens is 188 g/mol. The van der Waals surface area contributed by atoms with Gasteiger partial charge in [0.2, 0.25) is 10.0 Å². The van der Waals surface area contributed by atoms with Crippen LogP contribution < -0.4 is 0 Å². The summed E-state index contributed by atoms with van der Waals surface area (Å²) in [6, 6.07) is 2.00. The van der Waals surface area contributed by atoms with Gasteiger partial charge < -0.3 is 0 Å². The summed E-state index contributed by atoms with van der Waals surface area (Å²) in [6.07, 6.45) is 0. The summed E-state index contributed by atoms with van der Waals surface area (Å²) < 4.78 is 24.2. The van der Waals surface area contributed by atoms with E-state index in [1.807, 2.05) is 6.07 Å². The molecule has 0 aliphatic heterocycles. The Labute approximate surface area is 80.2 Å². The van der Waals surface area contributed by atoms with E-state index in [4.69, 9.17) is 5.26 Å². The second-order valence-corrected chi connectivity index (χ2v) is 6.00. The minimum absolute atomic E-state index is 0.261. The molecule has 0 bridgehead atoms. The van der Waals surface area contributed by atoms with Gasteiger partial charge >= 0.3 is 0 Å². The zero-order valence-corrected chi connectivity index (χ0v) is 9.30. The van der Waals surface area contributed by atoms with Crippen LogP contribution in [-0.4, -0.2) is 31.6 Å². The summed E-state index contributed by atoms with van der Waals surface area (Å²) in [6.45, 7) is 5.22. The number of sulfonamides is 1. The van der Waals surface area contributed by atoms with Crippen LogP contribution in [0, 0.1) is 17.2 Å². The molecule has 0 aromatic carbocycles. The molecular formula is C8H16N2O2S. The summed E-state index contributed by atoms with van der Waals surface area (Å²) in [7, 11) is -1.70. The van der Waals surface area contributed by atoms with Crippen molar-refractivity contribution in [1.29, 1.82) is 5.26 Å². The van der Waals surface area contributed by atoms with E-state index in [1.54, 1.807) is 20.8 Å². The monoisotopic (exact) mass is 204 g/mol. The first kappa shape index (κ1) is 12.4. The average Bonchev–Trinajstić information content (AvgIpc) is 2.03. The fraction of sp³-hybridized carbons (Fsp3) is 0.875. The van der Waals surface area contributed by atoms with E-state index >= 15 is 0 Å². The van der Waals surface area contributed by atoms with E-state index in [0.717, 1.165) is 0 Å². The average molecular weight is 204 g/mol. The molecule has 76 valence electrons. The molecule has 0 rings (SSSR count). The largest absolute Gasteiger partial charge is 0.216 e. The van der Waals surface area contributed by atoms with Crippen LogP contribution in [0.3, 0.4) is 0 Å². The van der Waals surface area contributed by atoms with Crippen molar-refractivity contribution in [3.05, 3.63) is 0 Å². The zero-order valence-electron chi connectivity index (χ0n) is 8.48. The van der Waals surface area contributed by atoms with Crippen LogP contribution in [0.15, 0.2) is 0 Å². The molecule has 1 atom stereocenters. The van der Waals surface area contributed by atoms with Gasteiger partial charge in [0.05, 0.1) is 17.2 Å². The molecule has 0 radical (unpaired) electrons. The lowest BCUT2D eigenvalue weighted by atomic mass is 10.2. The quantitative estimate of drug-likeness (QED) is 0.681. The molecule has 0 aliphatic carbocycles. The van der Waals surface area contributed by atoms with Crippen molar-refractivity contribution in [2.24, 2.45) is 5.92 Å². The third kappa shape index (κ3) is 3.33. The van der Waals surface area contributed by atoms with Crippen LogP contribution in [0.5, 0.6) is 0 Å². The Hall–Kier alpha value is -0.600. The topological polar surface area (TPSA) is 61.2 Å². The van der Waals surface area contributed by atoms with Gasteiger partial charge in [-0.05, 0) is 20.8 Å². The summed E-state index contributed by atoms with van der Waals surface area (Å²) in [5.41, 5.74) is 0. The van der Waals surface area contributed by atoms with Gasteiger partial charge in [0.15, 0.2) is 0 Å². The molecule has 0 aromatic rings. The van der Waals surface area contributed by atoms with Gasteiger partial charge in [-0.3, -0.25) is 0 Å². The van der Waals surface area contributed by atoms with Gasteiger partial charge in [-0.25, -0.2) is 12.7 Å². The molecule has 0 spiro atoms. The van der Waals surface area contributed by atoms with Crippen molar-refractivity contribution < 1.29 is 8.42 Å². The Balaban J connectivity index is 4.46. The first-order chi connectivity index (χ1) is 5.82. The molecule has 0 saturated carbocycles. The highest BCUT2D eigenvalue weighted by Gasteiger charge is 2.23. The molecule has 0 amide bonds. The Kier molecular flexibility index (Phi) is 4.37. The van der Waals surface area contributed by atoms with E-state index in [2.05, 4.69) is 0 Å². The maximum Gasteiger partial charge on any atom is 0.216 e. The molecule has 13 heavy (non-hydrogen) atoms. The van der Waals surface area contributed by atoms with Gasteiger partial charge in [0.25, 0.3) is 0 Å². The van der Waals surface area contributed by atoms with Gasteiger partial charge in [-0.2, -0.15) is 5.26 Å². The van der Waals surface area contributed by atoms with Gasteiger partial charge in [-0.1, -0.05) is 0 Å². The smallest absolute Gasteiger partial charge is 0.212 e. The van der Waals surface area contributed by atoms with Crippen LogP contribution in [0.1, 0.15) is 20.8 Å². The highest BCUT2D eigenvalue weighted by atomic mass is 32.2. The van der Waals surface area contributed by atoms with Crippen LogP contribution in [0.25, 0.3) is 0 Å². The van der Waals surface area contributed by atoms with Crippen molar-refractivity contribution in [3.63, 3.8) is 0 Å². The number of hydrogen-bond acceptors (Lipinski definition) is 3. The maximum atomic E-state index is 11.5. The highest BCUT2D eigenvalue weighted by Crippen LogP contribution is 2.08. The molecule has 0 heterocycles. The first-order valence-electron chi connectivity index (χ1n) is 4.17. The normalized spacial score (nSPS) is 14.5. The molecule has 0 N–H and O–H groups in total. The van der Waals surface area contributed by atoms with E-state index < -0.39 is 15.3 Å². The highest BCUT2D eigenvalue weighted by molar-refractivity contribution is 7.89. The standard InChI is InChI=1S/C8H16N2O2S/c1-7(2)13(11,12)10(4)6-8(3)5-9/h7-8H,6H2,1-4H3. The molecule has 5 heteroatoms. The van der Waals surface area contributed by atoms with Gasteiger partial charge in [-0.15, -0.1) is 0 Å². The van der Waals surface area contributed by atoms with Crippen LogP contribution in [-0.2, 0) is 10.0 Å². The predicted molar refractivity (Wildman–Crippen MR) is 51.5 cm³/mol. The summed E-state index contributed by atoms with van der Waals surface area (Å²) in [5.74, 6) is -0.265. The molecule has 1 unspecified atom stereocenters. The Morgan fingerprint density at radius 3 is 2.15 bits per heavy atom. The molecule has 4 nitrogen and oxygen atoms in total. The van der Waals surface area contributed by atoms with Crippen molar-refractivity contribution in [3.8, 4) is 6.07 Å². The fourth-order valence-electron chi connectivity index (χ4n) is 0.890. The summed E-state index contributed by atoms with van der Waals surface area (Å²) >= 11 is 0. The minimum Gasteiger partial charge on any atom is -0.212 e. The SMILES string of the molecule is CC(C#N)CN(C)S(=O)(=O)C(C)C. The van der Waals surface area contributed by atoms with Gasteiger partial charge in [0.1, 0.15) is 0 Å². The Morgan fingerprint density at radius 2 is 1.85 bits per heavy atom. The zero-order chi connectivity index (χ0) is 10.6. The van der Waals surface area contributed by atoms with Crippen molar-refractivity contribution >= 4 is 10.0 Å². The third-order valence-electron chi connectivity index (χ3n) is 1.78. The van der Waals surface area contributed by atoms with Crippen LogP contribution in [0.4, 0.5) is 0 Å². The predicted octanol–water partition coefficient (Wildman–Crippen LogP) is 0.816. The van der Waals surface area contributed by atoms with E-state index in [9.17, 15) is 8.42 Å². The number of rotatable bonds is 4. The van der Waals surface area contributed by atoms with E-state index in [1.165, 1.54) is 11.4 Å². The fourth-order valence-corrected chi connectivity index (χ4v) is 2.04. The molecule has 0 saturated heterocycles. The second kappa shape index (κ2) is 4.58. The molecule has 0 aliphatic rings. The lowest BCUT2D eigenvalue weighted by Gasteiger charge is -2.20. The van der Waals surface area contributed by atoms with Crippen molar-refractivity contribution in [1.82, 2.24) is 4.31 Å².